The van der Waals surface area contributed by atoms with Crippen LogP contribution in [0.2, 0.25) is 0 Å². The molecule has 1 aromatic carbocycles. The van der Waals surface area contributed by atoms with Gasteiger partial charge in [-0.2, -0.15) is 0 Å². The first-order valence-electron chi connectivity index (χ1n) is 3.48. The predicted octanol–water partition coefficient (Wildman–Crippen LogP) is 1.39. The lowest BCUT2D eigenvalue weighted by molar-refractivity contribution is -0.384. The Hall–Kier alpha value is -2.31. The van der Waals surface area contributed by atoms with Gasteiger partial charge >= 0.3 is 6.09 Å². The molecule has 0 bridgehead atoms. The molecule has 0 fully saturated rings. The molecule has 7 nitrogen and oxygen atoms in total. The van der Waals surface area contributed by atoms with Gasteiger partial charge in [0.25, 0.3) is 5.69 Å². The Balaban J connectivity index is 3.01. The van der Waals surface area contributed by atoms with Crippen molar-refractivity contribution in [2.45, 2.75) is 0 Å². The minimum Gasteiger partial charge on any atom is -0.506 e. The van der Waals surface area contributed by atoms with Gasteiger partial charge in [-0.1, -0.05) is 0 Å². The number of aromatic hydroxyl groups is 1. The van der Waals surface area contributed by atoms with Crippen LogP contribution in [0.15, 0.2) is 18.2 Å². The standard InChI is InChI=1S/C7H6N2O5/c10-6-3-4(9(13)14)1-2-5(6)8-7(11)12/h1-3,8,10H,(H,11,12). The number of nitrogens with one attached hydrogen (secondary N) is 1. The fourth-order valence-corrected chi connectivity index (χ4v) is 0.855. The molecule has 0 atom stereocenters. The number of benzene rings is 1. The molecule has 0 saturated heterocycles. The Morgan fingerprint density at radius 1 is 1.50 bits per heavy atom. The Morgan fingerprint density at radius 3 is 2.57 bits per heavy atom. The highest BCUT2D eigenvalue weighted by Gasteiger charge is 2.10. The van der Waals surface area contributed by atoms with Gasteiger partial charge in [-0.05, 0) is 6.07 Å². The molecule has 0 aliphatic heterocycles. The molecule has 0 spiro atoms. The van der Waals surface area contributed by atoms with E-state index < -0.39 is 16.8 Å². The molecule has 0 saturated carbocycles. The zero-order valence-electron chi connectivity index (χ0n) is 6.80. The third kappa shape index (κ3) is 2.09. The maximum absolute atomic E-state index is 10.2. The molecule has 14 heavy (non-hydrogen) atoms. The second kappa shape index (κ2) is 3.60. The lowest BCUT2D eigenvalue weighted by atomic mass is 10.2. The monoisotopic (exact) mass is 198 g/mol. The summed E-state index contributed by atoms with van der Waals surface area (Å²) in [7, 11) is 0. The Labute approximate surface area is 77.7 Å². The van der Waals surface area contributed by atoms with Crippen LogP contribution in [0, 0.1) is 10.1 Å². The van der Waals surface area contributed by atoms with E-state index in [1.807, 2.05) is 5.32 Å². The maximum atomic E-state index is 10.2. The van der Waals surface area contributed by atoms with Crippen LogP contribution >= 0.6 is 0 Å². The number of anilines is 1. The van der Waals surface area contributed by atoms with E-state index in [-0.39, 0.29) is 11.4 Å². The van der Waals surface area contributed by atoms with Gasteiger partial charge in [0.05, 0.1) is 16.7 Å². The summed E-state index contributed by atoms with van der Waals surface area (Å²) in [6.07, 6.45) is -1.35. The molecule has 0 aromatic heterocycles. The topological polar surface area (TPSA) is 113 Å². The Morgan fingerprint density at radius 2 is 2.14 bits per heavy atom. The molecule has 7 heteroatoms. The van der Waals surface area contributed by atoms with E-state index in [2.05, 4.69) is 0 Å². The van der Waals surface area contributed by atoms with Crippen molar-refractivity contribution in [2.24, 2.45) is 0 Å². The summed E-state index contributed by atoms with van der Waals surface area (Å²) in [6.45, 7) is 0. The largest absolute Gasteiger partial charge is 0.506 e. The van der Waals surface area contributed by atoms with Crippen molar-refractivity contribution < 1.29 is 19.9 Å². The number of carbonyl (C=O) groups is 1. The fraction of sp³-hybridized carbons (Fsp3) is 0. The van der Waals surface area contributed by atoms with Crippen LogP contribution in [0.25, 0.3) is 0 Å². The van der Waals surface area contributed by atoms with Crippen LogP contribution < -0.4 is 5.32 Å². The molecule has 1 amide bonds. The van der Waals surface area contributed by atoms with Crippen LogP contribution in [-0.4, -0.2) is 21.2 Å². The van der Waals surface area contributed by atoms with Crippen molar-refractivity contribution in [1.82, 2.24) is 0 Å². The normalized spacial score (nSPS) is 9.43. The van der Waals surface area contributed by atoms with E-state index in [0.29, 0.717) is 0 Å². The second-order valence-corrected chi connectivity index (χ2v) is 2.39. The number of nitrogens with zero attached hydrogens (tertiary/aromatic N) is 1. The minimum atomic E-state index is -1.35. The number of hydrogen-bond donors (Lipinski definition) is 3. The Bertz CT molecular complexity index is 390. The maximum Gasteiger partial charge on any atom is 0.409 e. The van der Waals surface area contributed by atoms with Gasteiger partial charge < -0.3 is 10.2 Å². The number of amides is 1. The van der Waals surface area contributed by atoms with Crippen LogP contribution in [0.4, 0.5) is 16.2 Å². The Kier molecular flexibility index (Phi) is 2.52. The van der Waals surface area contributed by atoms with Gasteiger partial charge in [0.2, 0.25) is 0 Å². The second-order valence-electron chi connectivity index (χ2n) is 2.39. The number of non-ortho nitro benzene ring substituents is 1. The van der Waals surface area contributed by atoms with E-state index >= 15 is 0 Å². The number of phenols is 1. The third-order valence-corrected chi connectivity index (χ3v) is 1.43. The highest BCUT2D eigenvalue weighted by Crippen LogP contribution is 2.27. The summed E-state index contributed by atoms with van der Waals surface area (Å²) < 4.78 is 0. The average molecular weight is 198 g/mol. The van der Waals surface area contributed by atoms with Gasteiger partial charge in [0.15, 0.2) is 0 Å². The van der Waals surface area contributed by atoms with E-state index in [0.717, 1.165) is 18.2 Å². The van der Waals surface area contributed by atoms with E-state index in [1.54, 1.807) is 0 Å². The lowest BCUT2D eigenvalue weighted by Crippen LogP contribution is -2.07. The molecule has 0 radical (unpaired) electrons. The van der Waals surface area contributed by atoms with E-state index in [1.165, 1.54) is 0 Å². The van der Waals surface area contributed by atoms with Crippen LogP contribution in [0.1, 0.15) is 0 Å². The number of hydrogen-bond acceptors (Lipinski definition) is 4. The molecular weight excluding hydrogens is 192 g/mol. The zero-order valence-corrected chi connectivity index (χ0v) is 6.80. The lowest BCUT2D eigenvalue weighted by Gasteiger charge is -2.02. The summed E-state index contributed by atoms with van der Waals surface area (Å²) >= 11 is 0. The third-order valence-electron chi connectivity index (χ3n) is 1.43. The molecule has 3 N–H and O–H groups in total. The van der Waals surface area contributed by atoms with Crippen LogP contribution in [-0.2, 0) is 0 Å². The molecule has 0 aliphatic carbocycles. The summed E-state index contributed by atoms with van der Waals surface area (Å²) in [5.74, 6) is -0.485. The number of phenolic OH excluding ortho intramolecular Hbond substituents is 1. The first-order valence-corrected chi connectivity index (χ1v) is 3.48. The number of nitro benzene ring substituents is 1. The number of rotatable bonds is 2. The van der Waals surface area contributed by atoms with Crippen LogP contribution in [0.3, 0.4) is 0 Å². The predicted molar refractivity (Wildman–Crippen MR) is 46.4 cm³/mol. The highest BCUT2D eigenvalue weighted by atomic mass is 16.6. The molecule has 1 aromatic rings. The van der Waals surface area contributed by atoms with Crippen molar-refractivity contribution in [3.63, 3.8) is 0 Å². The molecule has 74 valence electrons. The summed E-state index contributed by atoms with van der Waals surface area (Å²) in [6, 6.07) is 3.07. The van der Waals surface area contributed by atoms with E-state index in [4.69, 9.17) is 10.2 Å². The van der Waals surface area contributed by atoms with Crippen molar-refractivity contribution in [3.8, 4) is 5.75 Å². The molecule has 0 aliphatic rings. The fourth-order valence-electron chi connectivity index (χ4n) is 0.855. The molecule has 0 unspecified atom stereocenters. The van der Waals surface area contributed by atoms with Gasteiger partial charge in [-0.15, -0.1) is 0 Å². The van der Waals surface area contributed by atoms with Crippen LogP contribution in [0.5, 0.6) is 5.75 Å². The highest BCUT2D eigenvalue weighted by molar-refractivity contribution is 5.85. The summed E-state index contributed by atoms with van der Waals surface area (Å²) in [5.41, 5.74) is -0.401. The van der Waals surface area contributed by atoms with E-state index in [9.17, 15) is 14.9 Å². The van der Waals surface area contributed by atoms with Gasteiger partial charge in [-0.3, -0.25) is 15.4 Å². The van der Waals surface area contributed by atoms with Crippen molar-refractivity contribution >= 4 is 17.5 Å². The zero-order chi connectivity index (χ0) is 10.7. The SMILES string of the molecule is O=C(O)Nc1ccc([N+](=O)[O-])cc1O. The smallest absolute Gasteiger partial charge is 0.409 e. The number of carboxylic acid groups (broad SMARTS) is 1. The number of nitro groups is 1. The van der Waals surface area contributed by atoms with Crippen molar-refractivity contribution in [3.05, 3.63) is 28.3 Å². The average Bonchev–Trinajstić information content (AvgIpc) is 2.07. The first kappa shape index (κ1) is 9.78. The van der Waals surface area contributed by atoms with Gasteiger partial charge in [0, 0.05) is 6.07 Å². The van der Waals surface area contributed by atoms with Crippen molar-refractivity contribution in [1.29, 1.82) is 0 Å². The quantitative estimate of drug-likeness (QED) is 0.377. The molecular formula is C7H6N2O5. The molecule has 0 heterocycles. The minimum absolute atomic E-state index is 0.0944. The van der Waals surface area contributed by atoms with Gasteiger partial charge in [-0.25, -0.2) is 4.79 Å². The van der Waals surface area contributed by atoms with Crippen molar-refractivity contribution in [2.75, 3.05) is 5.32 Å². The summed E-state index contributed by atoms with van der Waals surface area (Å²) in [5, 5.41) is 29.6. The first-order chi connectivity index (χ1) is 6.50. The van der Waals surface area contributed by atoms with Gasteiger partial charge in [0.1, 0.15) is 5.75 Å². The summed E-state index contributed by atoms with van der Waals surface area (Å²) in [4.78, 5) is 19.7. The molecule has 1 rings (SSSR count).